The van der Waals surface area contributed by atoms with E-state index < -0.39 is 0 Å². The molecular formula is C20H26N4O2S. The lowest BCUT2D eigenvalue weighted by Gasteiger charge is -2.44. The molecule has 1 saturated heterocycles. The molecule has 0 aromatic carbocycles. The maximum atomic E-state index is 12.5. The molecule has 2 fully saturated rings. The van der Waals surface area contributed by atoms with Crippen LogP contribution in [0.25, 0.3) is 0 Å². The number of hydrogen-bond donors (Lipinski definition) is 2. The first-order chi connectivity index (χ1) is 13.2. The lowest BCUT2D eigenvalue weighted by Crippen LogP contribution is -2.45. The van der Waals surface area contributed by atoms with Crippen molar-refractivity contribution >= 4 is 17.2 Å². The lowest BCUT2D eigenvalue weighted by atomic mass is 9.82. The fraction of sp³-hybridized carbons (Fsp3) is 0.600. The highest BCUT2D eigenvalue weighted by Gasteiger charge is 2.42. The molecular weight excluding hydrogens is 360 g/mol. The Kier molecular flexibility index (Phi) is 4.53. The average molecular weight is 387 g/mol. The molecule has 2 aromatic rings. The van der Waals surface area contributed by atoms with E-state index in [1.54, 1.807) is 17.5 Å². The Morgan fingerprint density at radius 2 is 2.26 bits per heavy atom. The van der Waals surface area contributed by atoms with E-state index in [0.717, 1.165) is 62.6 Å². The molecule has 2 N–H and O–H groups in total. The Morgan fingerprint density at radius 3 is 3.00 bits per heavy atom. The zero-order valence-corrected chi connectivity index (χ0v) is 16.3. The molecule has 2 aliphatic heterocycles. The largest absolute Gasteiger partial charge is 0.370 e. The molecule has 7 heteroatoms. The third-order valence-electron chi connectivity index (χ3n) is 6.10. The summed E-state index contributed by atoms with van der Waals surface area (Å²) in [6.45, 7) is 4.49. The third kappa shape index (κ3) is 3.56. The Hall–Kier alpha value is -1.70. The molecule has 2 aromatic heterocycles. The number of carbonyl (C=O) groups excluding carboxylic acids is 1. The van der Waals surface area contributed by atoms with E-state index in [9.17, 15) is 4.79 Å². The van der Waals surface area contributed by atoms with Crippen LogP contribution in [0.2, 0.25) is 0 Å². The van der Waals surface area contributed by atoms with E-state index in [2.05, 4.69) is 26.5 Å². The summed E-state index contributed by atoms with van der Waals surface area (Å²) >= 11 is 1.67. The number of aromatic amines is 1. The van der Waals surface area contributed by atoms with Crippen LogP contribution in [0.3, 0.4) is 0 Å². The standard InChI is InChI=1S/C20H26N4O2S/c25-19(21-12-14-1-2-14)18-11-16-17(27-18)4-10-26-20(16)5-8-24(9-6-20)13-15-3-7-22-23-15/h3,7,11,14H,1-2,4-6,8-10,12-13H2,(H,21,25)(H,22,23). The van der Waals surface area contributed by atoms with Crippen molar-refractivity contribution in [3.8, 4) is 0 Å². The van der Waals surface area contributed by atoms with E-state index in [1.807, 2.05) is 6.07 Å². The predicted molar refractivity (Wildman–Crippen MR) is 104 cm³/mol. The van der Waals surface area contributed by atoms with Crippen molar-refractivity contribution in [2.45, 2.75) is 44.2 Å². The molecule has 0 radical (unpaired) electrons. The topological polar surface area (TPSA) is 70.2 Å². The van der Waals surface area contributed by atoms with Crippen LogP contribution in [0, 0.1) is 5.92 Å². The van der Waals surface area contributed by atoms with E-state index in [0.29, 0.717) is 5.92 Å². The fourth-order valence-corrected chi connectivity index (χ4v) is 5.42. The van der Waals surface area contributed by atoms with Crippen LogP contribution in [0.1, 0.15) is 51.5 Å². The minimum atomic E-state index is -0.205. The molecule has 4 heterocycles. The van der Waals surface area contributed by atoms with Gasteiger partial charge in [0.1, 0.15) is 0 Å². The molecule has 0 unspecified atom stereocenters. The molecule has 1 amide bonds. The van der Waals surface area contributed by atoms with Gasteiger partial charge in [-0.15, -0.1) is 11.3 Å². The normalized spacial score (nSPS) is 21.9. The van der Waals surface area contributed by atoms with Crippen molar-refractivity contribution in [2.24, 2.45) is 5.92 Å². The van der Waals surface area contributed by atoms with Crippen LogP contribution in [-0.2, 0) is 23.3 Å². The van der Waals surface area contributed by atoms with Gasteiger partial charge < -0.3 is 10.1 Å². The van der Waals surface area contributed by atoms with Crippen LogP contribution in [0.15, 0.2) is 18.3 Å². The van der Waals surface area contributed by atoms with Gasteiger partial charge in [0.2, 0.25) is 0 Å². The quantitative estimate of drug-likeness (QED) is 0.829. The number of hydrogen-bond acceptors (Lipinski definition) is 5. The second-order valence-electron chi connectivity index (χ2n) is 8.05. The highest BCUT2D eigenvalue weighted by Crippen LogP contribution is 2.44. The summed E-state index contributed by atoms with van der Waals surface area (Å²) in [5, 5.41) is 10.2. The molecule has 1 saturated carbocycles. The Morgan fingerprint density at radius 1 is 1.41 bits per heavy atom. The minimum Gasteiger partial charge on any atom is -0.370 e. The minimum absolute atomic E-state index is 0.0909. The fourth-order valence-electron chi connectivity index (χ4n) is 4.27. The maximum Gasteiger partial charge on any atom is 0.261 e. The van der Waals surface area contributed by atoms with Gasteiger partial charge in [0.05, 0.1) is 17.1 Å². The monoisotopic (exact) mass is 386 g/mol. The van der Waals surface area contributed by atoms with Gasteiger partial charge in [0.15, 0.2) is 0 Å². The first-order valence-electron chi connectivity index (χ1n) is 9.98. The molecule has 144 valence electrons. The van der Waals surface area contributed by atoms with Gasteiger partial charge in [0.25, 0.3) is 5.91 Å². The van der Waals surface area contributed by atoms with Gasteiger partial charge >= 0.3 is 0 Å². The number of amides is 1. The van der Waals surface area contributed by atoms with Crippen LogP contribution < -0.4 is 5.32 Å². The number of thiophene rings is 1. The van der Waals surface area contributed by atoms with Crippen molar-refractivity contribution < 1.29 is 9.53 Å². The number of H-pyrrole nitrogens is 1. The Bertz CT molecular complexity index is 804. The van der Waals surface area contributed by atoms with E-state index >= 15 is 0 Å². The van der Waals surface area contributed by atoms with Gasteiger partial charge in [-0.05, 0) is 49.3 Å². The van der Waals surface area contributed by atoms with Crippen molar-refractivity contribution in [2.75, 3.05) is 26.2 Å². The summed E-state index contributed by atoms with van der Waals surface area (Å²) in [5.74, 6) is 0.797. The first kappa shape index (κ1) is 17.4. The van der Waals surface area contributed by atoms with Crippen LogP contribution in [0.4, 0.5) is 0 Å². The molecule has 6 nitrogen and oxygen atoms in total. The van der Waals surface area contributed by atoms with Crippen LogP contribution in [-0.4, -0.2) is 47.2 Å². The van der Waals surface area contributed by atoms with Gasteiger partial charge in [-0.1, -0.05) is 0 Å². The van der Waals surface area contributed by atoms with Gasteiger partial charge in [0, 0.05) is 49.4 Å². The number of likely N-dealkylation sites (tertiary alicyclic amines) is 1. The van der Waals surface area contributed by atoms with Crippen LogP contribution >= 0.6 is 11.3 Å². The highest BCUT2D eigenvalue weighted by atomic mass is 32.1. The second-order valence-corrected chi connectivity index (χ2v) is 9.19. The zero-order valence-electron chi connectivity index (χ0n) is 15.5. The molecule has 5 rings (SSSR count). The van der Waals surface area contributed by atoms with E-state index in [4.69, 9.17) is 4.74 Å². The molecule has 1 aliphatic carbocycles. The summed E-state index contributed by atoms with van der Waals surface area (Å²) in [5.41, 5.74) is 2.22. The SMILES string of the molecule is O=C(NCC1CC1)c1cc2c(s1)CCOC21CCN(Cc2ccn[nH]2)CC1. The number of piperidine rings is 1. The number of ether oxygens (including phenoxy) is 1. The van der Waals surface area contributed by atoms with E-state index in [-0.39, 0.29) is 11.5 Å². The van der Waals surface area contributed by atoms with Gasteiger partial charge in [-0.3, -0.25) is 14.8 Å². The Balaban J connectivity index is 1.28. The van der Waals surface area contributed by atoms with Crippen molar-refractivity contribution in [3.05, 3.63) is 39.3 Å². The van der Waals surface area contributed by atoms with Crippen molar-refractivity contribution in [1.29, 1.82) is 0 Å². The van der Waals surface area contributed by atoms with E-state index in [1.165, 1.54) is 23.3 Å². The van der Waals surface area contributed by atoms with Gasteiger partial charge in [-0.25, -0.2) is 0 Å². The number of fused-ring (bicyclic) bond motifs is 2. The second kappa shape index (κ2) is 7.04. The highest BCUT2D eigenvalue weighted by molar-refractivity contribution is 7.14. The van der Waals surface area contributed by atoms with Gasteiger partial charge in [-0.2, -0.15) is 5.10 Å². The van der Waals surface area contributed by atoms with Crippen LogP contribution in [0.5, 0.6) is 0 Å². The molecule has 27 heavy (non-hydrogen) atoms. The number of rotatable bonds is 5. The lowest BCUT2D eigenvalue weighted by molar-refractivity contribution is -0.0982. The first-order valence-corrected chi connectivity index (χ1v) is 10.8. The summed E-state index contributed by atoms with van der Waals surface area (Å²) in [4.78, 5) is 17.2. The summed E-state index contributed by atoms with van der Waals surface area (Å²) in [7, 11) is 0. The summed E-state index contributed by atoms with van der Waals surface area (Å²) < 4.78 is 6.35. The summed E-state index contributed by atoms with van der Waals surface area (Å²) in [6.07, 6.45) is 7.20. The third-order valence-corrected chi connectivity index (χ3v) is 7.29. The smallest absolute Gasteiger partial charge is 0.261 e. The molecule has 3 aliphatic rings. The van der Waals surface area contributed by atoms with Crippen molar-refractivity contribution in [1.82, 2.24) is 20.4 Å². The Labute approximate surface area is 163 Å². The molecule has 0 bridgehead atoms. The number of nitrogens with one attached hydrogen (secondary N) is 2. The average Bonchev–Trinajstić information content (AvgIpc) is 3.16. The maximum absolute atomic E-state index is 12.5. The number of nitrogens with zero attached hydrogens (tertiary/aromatic N) is 2. The van der Waals surface area contributed by atoms with Crippen molar-refractivity contribution in [3.63, 3.8) is 0 Å². The number of aromatic nitrogens is 2. The predicted octanol–water partition coefficient (Wildman–Crippen LogP) is 2.68. The molecule has 1 spiro atoms. The summed E-state index contributed by atoms with van der Waals surface area (Å²) in [6, 6.07) is 4.15. The molecule has 0 atom stereocenters. The zero-order chi connectivity index (χ0) is 18.3. The number of carbonyl (C=O) groups is 1.